The molecule has 0 amide bonds. The Morgan fingerprint density at radius 3 is 2.12 bits per heavy atom. The van der Waals surface area contributed by atoms with Crippen molar-refractivity contribution in [2.75, 3.05) is 6.61 Å². The van der Waals surface area contributed by atoms with Crippen molar-refractivity contribution >= 4 is 24.2 Å². The van der Waals surface area contributed by atoms with Crippen LogP contribution in [0.15, 0.2) is 0 Å². The zero-order valence-electron chi connectivity index (χ0n) is 12.4. The summed E-state index contributed by atoms with van der Waals surface area (Å²) in [6.45, 7) is 16.3. The molecular weight excluding hydrogens is 292 g/mol. The van der Waals surface area contributed by atoms with E-state index in [2.05, 4.69) is 75.5 Å². The van der Waals surface area contributed by atoms with Gasteiger partial charge in [-0.25, -0.2) is 0 Å². The Balaban J connectivity index is 4.05. The third-order valence-corrected chi connectivity index (χ3v) is 9.32. The molecular formula is C14H27BrOSi. The molecule has 0 spiro atoms. The second-order valence-corrected chi connectivity index (χ2v) is 12.4. The third kappa shape index (κ3) is 6.64. The average Bonchev–Trinajstić information content (AvgIpc) is 2.14. The van der Waals surface area contributed by atoms with Crippen molar-refractivity contribution < 1.29 is 4.43 Å². The summed E-state index contributed by atoms with van der Waals surface area (Å²) in [7, 11) is -1.62. The lowest BCUT2D eigenvalue weighted by Gasteiger charge is -2.35. The van der Waals surface area contributed by atoms with Crippen LogP contribution in [0, 0.1) is 17.8 Å². The molecule has 0 saturated carbocycles. The predicted octanol–water partition coefficient (Wildman–Crippen LogP) is 4.82. The first-order chi connectivity index (χ1) is 7.58. The number of hydrogen-bond donors (Lipinski definition) is 0. The molecule has 0 aliphatic heterocycles. The predicted molar refractivity (Wildman–Crippen MR) is 83.1 cm³/mol. The van der Waals surface area contributed by atoms with Crippen LogP contribution in [0.4, 0.5) is 0 Å². The van der Waals surface area contributed by atoms with Gasteiger partial charge >= 0.3 is 0 Å². The van der Waals surface area contributed by atoms with Crippen LogP contribution >= 0.6 is 15.9 Å². The summed E-state index contributed by atoms with van der Waals surface area (Å²) < 4.78 is 5.99. The van der Waals surface area contributed by atoms with Gasteiger partial charge in [0.15, 0.2) is 8.32 Å². The topological polar surface area (TPSA) is 9.23 Å². The summed E-state index contributed by atoms with van der Waals surface area (Å²) in [5.74, 6) is 6.95. The highest BCUT2D eigenvalue weighted by atomic mass is 79.9. The largest absolute Gasteiger partial charge is 0.406 e. The molecule has 1 atom stereocenters. The minimum absolute atomic E-state index is 0.268. The molecule has 1 nitrogen and oxygen atoms in total. The summed E-state index contributed by atoms with van der Waals surface area (Å²) in [6, 6.07) is 0. The van der Waals surface area contributed by atoms with Crippen LogP contribution in [0.3, 0.4) is 0 Å². The van der Waals surface area contributed by atoms with Gasteiger partial charge in [0.05, 0.1) is 6.61 Å². The Morgan fingerprint density at radius 1 is 1.18 bits per heavy atom. The molecule has 0 aromatic rings. The molecule has 0 bridgehead atoms. The van der Waals surface area contributed by atoms with Crippen molar-refractivity contribution in [3.63, 3.8) is 0 Å². The number of alkyl halides is 1. The van der Waals surface area contributed by atoms with E-state index in [1.54, 1.807) is 0 Å². The highest BCUT2D eigenvalue weighted by Gasteiger charge is 2.36. The normalized spacial score (nSPS) is 14.4. The van der Waals surface area contributed by atoms with Crippen molar-refractivity contribution in [1.82, 2.24) is 0 Å². The first-order valence-electron chi connectivity index (χ1n) is 6.31. The second-order valence-electron chi connectivity index (χ2n) is 6.37. The van der Waals surface area contributed by atoms with E-state index in [-0.39, 0.29) is 5.04 Å². The van der Waals surface area contributed by atoms with Gasteiger partial charge in [-0.3, -0.25) is 0 Å². The quantitative estimate of drug-likeness (QED) is 0.410. The lowest BCUT2D eigenvalue weighted by molar-refractivity contribution is 0.334. The van der Waals surface area contributed by atoms with E-state index in [0.717, 1.165) is 6.42 Å². The second kappa shape index (κ2) is 6.97. The molecule has 17 heavy (non-hydrogen) atoms. The molecule has 0 rings (SSSR count). The molecule has 0 aliphatic rings. The van der Waals surface area contributed by atoms with Gasteiger partial charge in [0.2, 0.25) is 0 Å². The Kier molecular flexibility index (Phi) is 7.06. The van der Waals surface area contributed by atoms with Crippen molar-refractivity contribution in [1.29, 1.82) is 0 Å². The maximum absolute atomic E-state index is 5.99. The highest BCUT2D eigenvalue weighted by Crippen LogP contribution is 2.36. The van der Waals surface area contributed by atoms with Crippen LogP contribution in [0.25, 0.3) is 0 Å². The molecule has 0 saturated heterocycles. The third-order valence-electron chi connectivity index (χ3n) is 3.46. The molecule has 0 N–H and O–H groups in total. The lowest BCUT2D eigenvalue weighted by Crippen LogP contribution is -2.40. The summed E-state index contributed by atoms with van der Waals surface area (Å²) in [5, 5.41) is 0.268. The van der Waals surface area contributed by atoms with E-state index in [1.165, 1.54) is 0 Å². The Hall–Kier alpha value is 0.217. The fraction of sp³-hybridized carbons (Fsp3) is 0.857. The van der Waals surface area contributed by atoms with Crippen LogP contribution < -0.4 is 0 Å². The molecule has 0 radical (unpaired) electrons. The summed E-state index contributed by atoms with van der Waals surface area (Å²) >= 11 is 3.63. The van der Waals surface area contributed by atoms with E-state index in [9.17, 15) is 0 Å². The molecule has 0 aromatic carbocycles. The maximum atomic E-state index is 5.99. The molecule has 0 fully saturated rings. The SMILES string of the molecule is CC(C)C(Br)CC#CCO[Si](C)(C)C(C)(C)C. The summed E-state index contributed by atoms with van der Waals surface area (Å²) in [6.07, 6.45) is 0.901. The molecule has 0 aliphatic carbocycles. The average molecular weight is 319 g/mol. The van der Waals surface area contributed by atoms with Crippen molar-refractivity contribution in [3.05, 3.63) is 0 Å². The Morgan fingerprint density at radius 2 is 1.71 bits per heavy atom. The highest BCUT2D eigenvalue weighted by molar-refractivity contribution is 9.09. The van der Waals surface area contributed by atoms with Gasteiger partial charge in [-0.1, -0.05) is 62.4 Å². The van der Waals surface area contributed by atoms with Crippen LogP contribution in [0.2, 0.25) is 18.1 Å². The number of halogens is 1. The van der Waals surface area contributed by atoms with E-state index < -0.39 is 8.32 Å². The molecule has 0 aromatic heterocycles. The van der Waals surface area contributed by atoms with Gasteiger partial charge in [-0.2, -0.15) is 0 Å². The van der Waals surface area contributed by atoms with E-state index in [1.807, 2.05) is 0 Å². The van der Waals surface area contributed by atoms with E-state index >= 15 is 0 Å². The fourth-order valence-electron chi connectivity index (χ4n) is 0.889. The lowest BCUT2D eigenvalue weighted by atomic mass is 10.1. The zero-order chi connectivity index (χ0) is 13.7. The van der Waals surface area contributed by atoms with Crippen LogP contribution in [0.5, 0.6) is 0 Å². The standard InChI is InChI=1S/C14H27BrOSi/c1-12(2)13(15)10-8-9-11-16-17(6,7)14(3,4)5/h12-13H,10-11H2,1-7H3. The molecule has 0 heterocycles. The van der Waals surface area contributed by atoms with Gasteiger partial charge in [0.25, 0.3) is 0 Å². The van der Waals surface area contributed by atoms with Gasteiger partial charge in [0.1, 0.15) is 0 Å². The minimum Gasteiger partial charge on any atom is -0.406 e. The Labute approximate surface area is 117 Å². The monoisotopic (exact) mass is 318 g/mol. The minimum atomic E-state index is -1.62. The summed E-state index contributed by atoms with van der Waals surface area (Å²) in [4.78, 5) is 0.489. The zero-order valence-corrected chi connectivity index (χ0v) is 14.9. The maximum Gasteiger partial charge on any atom is 0.193 e. The number of rotatable bonds is 4. The van der Waals surface area contributed by atoms with Gasteiger partial charge in [-0.15, -0.1) is 0 Å². The first-order valence-corrected chi connectivity index (χ1v) is 10.1. The molecule has 1 unspecified atom stereocenters. The van der Waals surface area contributed by atoms with Crippen LogP contribution in [-0.2, 0) is 4.43 Å². The molecule has 3 heteroatoms. The van der Waals surface area contributed by atoms with Crippen molar-refractivity contribution in [3.8, 4) is 11.8 Å². The Bertz CT molecular complexity index is 281. The van der Waals surface area contributed by atoms with Crippen LogP contribution in [0.1, 0.15) is 41.0 Å². The van der Waals surface area contributed by atoms with Gasteiger partial charge in [0, 0.05) is 11.2 Å². The number of hydrogen-bond acceptors (Lipinski definition) is 1. The van der Waals surface area contributed by atoms with Crippen LogP contribution in [-0.4, -0.2) is 19.8 Å². The van der Waals surface area contributed by atoms with Crippen molar-refractivity contribution in [2.45, 2.75) is 64.0 Å². The van der Waals surface area contributed by atoms with Crippen molar-refractivity contribution in [2.24, 2.45) is 5.92 Å². The first kappa shape index (κ1) is 17.2. The smallest absolute Gasteiger partial charge is 0.193 e. The van der Waals surface area contributed by atoms with E-state index in [0.29, 0.717) is 17.4 Å². The van der Waals surface area contributed by atoms with E-state index in [4.69, 9.17) is 4.43 Å². The van der Waals surface area contributed by atoms with Gasteiger partial charge in [-0.05, 0) is 24.1 Å². The summed E-state index contributed by atoms with van der Waals surface area (Å²) in [5.41, 5.74) is 0. The fourth-order valence-corrected chi connectivity index (χ4v) is 1.92. The molecule has 100 valence electrons. The van der Waals surface area contributed by atoms with Gasteiger partial charge < -0.3 is 4.43 Å².